The van der Waals surface area contributed by atoms with Crippen molar-refractivity contribution in [2.45, 2.75) is 29.7 Å². The first-order valence-corrected chi connectivity index (χ1v) is 12.3. The summed E-state index contributed by atoms with van der Waals surface area (Å²) in [7, 11) is 0. The minimum atomic E-state index is -1.52. The number of β-lactam (4-membered cyclic amide) rings is 1. The lowest BCUT2D eigenvalue weighted by atomic mass is 10.0. The van der Waals surface area contributed by atoms with Gasteiger partial charge in [-0.2, -0.15) is 0 Å². The molecule has 0 saturated carbocycles. The lowest BCUT2D eigenvalue weighted by Gasteiger charge is -2.33. The number of hydrogen-bond donors (Lipinski definition) is 1. The Kier molecular flexibility index (Phi) is 6.28. The molecule has 3 aromatic carbocycles. The molecular formula is C28H24N2O5S. The van der Waals surface area contributed by atoms with Crippen molar-refractivity contribution < 1.29 is 23.9 Å². The third-order valence-electron chi connectivity index (χ3n) is 6.01. The van der Waals surface area contributed by atoms with E-state index in [2.05, 4.69) is 11.9 Å². The van der Waals surface area contributed by atoms with Gasteiger partial charge in [0.1, 0.15) is 0 Å². The molecule has 2 saturated heterocycles. The van der Waals surface area contributed by atoms with Gasteiger partial charge in [-0.05, 0) is 23.3 Å². The van der Waals surface area contributed by atoms with Gasteiger partial charge in [0.2, 0.25) is 16.7 Å². The SMILES string of the molecule is C=C1N2C(=O)C[C@H]2SC1(NC(C)=O)C(=O)OC(c1ccccc1)c1ccccc1.c1ccc2c(c1)O2. The smallest absolute Gasteiger partial charge is 0.349 e. The van der Waals surface area contributed by atoms with Crippen molar-refractivity contribution in [3.05, 3.63) is 108 Å². The molecule has 3 aliphatic rings. The first kappa shape index (κ1) is 23.7. The summed E-state index contributed by atoms with van der Waals surface area (Å²) in [4.78, 5) is 37.3. The van der Waals surface area contributed by atoms with E-state index in [1.165, 1.54) is 23.6 Å². The summed E-state index contributed by atoms with van der Waals surface area (Å²) in [5.74, 6) is 0.893. The van der Waals surface area contributed by atoms with E-state index in [9.17, 15) is 14.4 Å². The summed E-state index contributed by atoms with van der Waals surface area (Å²) in [5.41, 5.74) is 1.85. The number of nitrogens with zero attached hydrogens (tertiary/aromatic N) is 1. The Morgan fingerprint density at radius 3 is 1.97 bits per heavy atom. The van der Waals surface area contributed by atoms with E-state index >= 15 is 0 Å². The molecule has 8 heteroatoms. The van der Waals surface area contributed by atoms with Gasteiger partial charge in [0.15, 0.2) is 17.6 Å². The third-order valence-corrected chi connectivity index (χ3v) is 7.52. The Labute approximate surface area is 213 Å². The van der Waals surface area contributed by atoms with Crippen LogP contribution >= 0.6 is 11.8 Å². The van der Waals surface area contributed by atoms with E-state index in [4.69, 9.17) is 9.47 Å². The Morgan fingerprint density at radius 1 is 1.00 bits per heavy atom. The molecule has 0 bridgehead atoms. The van der Waals surface area contributed by atoms with Gasteiger partial charge in [-0.25, -0.2) is 4.79 Å². The van der Waals surface area contributed by atoms with Crippen LogP contribution in [0.5, 0.6) is 11.5 Å². The molecule has 3 aliphatic heterocycles. The van der Waals surface area contributed by atoms with Crippen molar-refractivity contribution in [3.63, 3.8) is 0 Å². The Morgan fingerprint density at radius 2 is 1.53 bits per heavy atom. The maximum absolute atomic E-state index is 13.4. The summed E-state index contributed by atoms with van der Waals surface area (Å²) >= 11 is 1.19. The maximum atomic E-state index is 13.4. The van der Waals surface area contributed by atoms with Gasteiger partial charge in [0, 0.05) is 6.92 Å². The molecule has 3 heterocycles. The highest BCUT2D eigenvalue weighted by molar-refractivity contribution is 8.02. The molecule has 36 heavy (non-hydrogen) atoms. The van der Waals surface area contributed by atoms with Crippen LogP contribution in [0.3, 0.4) is 0 Å². The van der Waals surface area contributed by atoms with Crippen molar-refractivity contribution in [2.75, 3.05) is 0 Å². The summed E-state index contributed by atoms with van der Waals surface area (Å²) < 4.78 is 10.9. The molecule has 1 unspecified atom stereocenters. The largest absolute Gasteiger partial charge is 0.450 e. The average Bonchev–Trinajstić information content (AvgIpc) is 3.63. The van der Waals surface area contributed by atoms with Crippen LogP contribution in [0, 0.1) is 0 Å². The zero-order valence-electron chi connectivity index (χ0n) is 19.5. The highest BCUT2D eigenvalue weighted by Gasteiger charge is 2.61. The maximum Gasteiger partial charge on any atom is 0.349 e. The number of carbonyl (C=O) groups is 3. The number of benzene rings is 3. The Bertz CT molecular complexity index is 1270. The van der Waals surface area contributed by atoms with Crippen LogP contribution in [0.1, 0.15) is 30.6 Å². The molecule has 3 aromatic rings. The van der Waals surface area contributed by atoms with Crippen molar-refractivity contribution in [3.8, 4) is 11.5 Å². The summed E-state index contributed by atoms with van der Waals surface area (Å²) in [6, 6.07) is 26.6. The van der Waals surface area contributed by atoms with Crippen LogP contribution in [-0.4, -0.2) is 32.9 Å². The van der Waals surface area contributed by atoms with Crippen LogP contribution in [-0.2, 0) is 19.1 Å². The first-order chi connectivity index (χ1) is 17.4. The molecule has 0 aromatic heterocycles. The number of amides is 2. The van der Waals surface area contributed by atoms with Crippen LogP contribution in [0.2, 0.25) is 0 Å². The van der Waals surface area contributed by atoms with E-state index in [1.807, 2.05) is 84.9 Å². The topological polar surface area (TPSA) is 88.2 Å². The fourth-order valence-corrected chi connectivity index (χ4v) is 5.77. The summed E-state index contributed by atoms with van der Waals surface area (Å²) in [5, 5.41) is 2.47. The van der Waals surface area contributed by atoms with Crippen LogP contribution in [0.4, 0.5) is 0 Å². The number of esters is 1. The molecule has 2 atom stereocenters. The minimum absolute atomic E-state index is 0.116. The average molecular weight is 501 g/mol. The molecule has 2 amide bonds. The van der Waals surface area contributed by atoms with Gasteiger partial charge in [-0.3, -0.25) is 14.5 Å². The fraction of sp³-hybridized carbons (Fsp3) is 0.179. The fourth-order valence-electron chi connectivity index (χ4n) is 4.20. The number of nitrogens with one attached hydrogen (secondary N) is 1. The van der Waals surface area contributed by atoms with Gasteiger partial charge in [-0.15, -0.1) is 0 Å². The zero-order chi connectivity index (χ0) is 25.3. The van der Waals surface area contributed by atoms with Gasteiger partial charge in [0.25, 0.3) is 0 Å². The minimum Gasteiger partial charge on any atom is -0.450 e. The molecule has 0 radical (unpaired) electrons. The highest BCUT2D eigenvalue weighted by Crippen LogP contribution is 2.52. The van der Waals surface area contributed by atoms with E-state index in [0.29, 0.717) is 6.42 Å². The van der Waals surface area contributed by atoms with Crippen LogP contribution in [0.25, 0.3) is 0 Å². The van der Waals surface area contributed by atoms with E-state index in [-0.39, 0.29) is 17.0 Å². The van der Waals surface area contributed by atoms with Crippen LogP contribution in [0.15, 0.2) is 97.2 Å². The van der Waals surface area contributed by atoms with Crippen molar-refractivity contribution >= 4 is 29.5 Å². The first-order valence-electron chi connectivity index (χ1n) is 11.4. The number of fused-ring (bicyclic) bond motifs is 2. The molecule has 0 spiro atoms. The number of rotatable bonds is 5. The lowest BCUT2D eigenvalue weighted by molar-refractivity contribution is -0.152. The number of thioether (sulfide) groups is 1. The Hall–Kier alpha value is -4.04. The molecule has 0 aliphatic carbocycles. The van der Waals surface area contributed by atoms with E-state index < -0.39 is 22.9 Å². The quantitative estimate of drug-likeness (QED) is 0.241. The monoisotopic (exact) mass is 500 g/mol. The molecule has 182 valence electrons. The van der Waals surface area contributed by atoms with Gasteiger partial charge >= 0.3 is 5.97 Å². The summed E-state index contributed by atoms with van der Waals surface area (Å²) in [6.07, 6.45) is -0.355. The normalized spacial score (nSPS) is 20.7. The summed E-state index contributed by atoms with van der Waals surface area (Å²) in [6.45, 7) is 5.26. The van der Waals surface area contributed by atoms with Gasteiger partial charge < -0.3 is 14.8 Å². The predicted molar refractivity (Wildman–Crippen MR) is 136 cm³/mol. The predicted octanol–water partition coefficient (Wildman–Crippen LogP) is 4.76. The second kappa shape index (κ2) is 9.54. The number of para-hydroxylation sites is 2. The van der Waals surface area contributed by atoms with Crippen molar-refractivity contribution in [1.82, 2.24) is 10.2 Å². The van der Waals surface area contributed by atoms with Crippen molar-refractivity contribution in [1.29, 1.82) is 0 Å². The molecule has 1 N–H and O–H groups in total. The second-order valence-corrected chi connectivity index (χ2v) is 9.90. The van der Waals surface area contributed by atoms with E-state index in [1.54, 1.807) is 0 Å². The molecule has 7 nitrogen and oxygen atoms in total. The third kappa shape index (κ3) is 4.47. The number of carbonyl (C=O) groups excluding carboxylic acids is 3. The zero-order valence-corrected chi connectivity index (χ0v) is 20.4. The van der Waals surface area contributed by atoms with Gasteiger partial charge in [-0.1, -0.05) is 91.1 Å². The van der Waals surface area contributed by atoms with E-state index in [0.717, 1.165) is 22.6 Å². The number of hydrogen-bond acceptors (Lipinski definition) is 6. The van der Waals surface area contributed by atoms with Gasteiger partial charge in [0.05, 0.1) is 17.5 Å². The molecular weight excluding hydrogens is 476 g/mol. The number of ether oxygens (including phenoxy) is 2. The molecule has 6 rings (SSSR count). The van der Waals surface area contributed by atoms with Crippen LogP contribution < -0.4 is 10.1 Å². The molecule has 2 fully saturated rings. The lowest BCUT2D eigenvalue weighted by Crippen LogP contribution is -2.54. The highest BCUT2D eigenvalue weighted by atomic mass is 32.2. The van der Waals surface area contributed by atoms with Crippen molar-refractivity contribution in [2.24, 2.45) is 0 Å². The Balaban J connectivity index is 0.000000323. The standard InChI is InChI=1S/C22H20N2O4S.C6H4O/c1-14-22(23-15(2)25,29-19-13-18(26)24(14)19)21(27)28-20(16-9-5-3-6-10-16)17-11-7-4-8-12-17;1-2-4-6-5(3-1)7-6/h3-12,19-20H,1,13H2,2H3,(H,23,25);1-4H/t19-,22?;/m1./s1. The second-order valence-electron chi connectivity index (χ2n) is 8.50.